The van der Waals surface area contributed by atoms with Crippen molar-refractivity contribution in [2.45, 2.75) is 12.6 Å². The minimum Gasteiger partial charge on any atom is -0.459 e. The van der Waals surface area contributed by atoms with Gasteiger partial charge in [0, 0.05) is 0 Å². The number of hydrogen-bond donors (Lipinski definition) is 1. The molecule has 106 valence electrons. The number of ether oxygens (including phenoxy) is 1. The second-order valence-electron chi connectivity index (χ2n) is 4.37. The Kier molecular flexibility index (Phi) is 5.35. The van der Waals surface area contributed by atoms with E-state index >= 15 is 0 Å². The zero-order valence-electron chi connectivity index (χ0n) is 11.2. The molecule has 0 aromatic heterocycles. The van der Waals surface area contributed by atoms with E-state index in [9.17, 15) is 4.79 Å². The Morgan fingerprint density at radius 1 is 1.19 bits per heavy atom. The van der Waals surface area contributed by atoms with Crippen LogP contribution >= 0.6 is 12.2 Å². The van der Waals surface area contributed by atoms with Crippen LogP contribution in [0.4, 0.5) is 5.69 Å². The van der Waals surface area contributed by atoms with Crippen molar-refractivity contribution in [3.63, 3.8) is 0 Å². The molecule has 0 saturated heterocycles. The number of esters is 1. The van der Waals surface area contributed by atoms with Crippen molar-refractivity contribution in [1.29, 1.82) is 0 Å². The van der Waals surface area contributed by atoms with Crippen LogP contribution in [0.5, 0.6) is 0 Å². The molecule has 4 nitrogen and oxygen atoms in total. The first-order valence-corrected chi connectivity index (χ1v) is 6.75. The number of nitrogens with zero attached hydrogens (tertiary/aromatic N) is 1. The zero-order chi connectivity index (χ0) is 15.1. The smallest absolute Gasteiger partial charge is 0.327 e. The van der Waals surface area contributed by atoms with Crippen LogP contribution in [-0.4, -0.2) is 11.1 Å². The summed E-state index contributed by atoms with van der Waals surface area (Å²) in [5, 5.41) is 2.28. The summed E-state index contributed by atoms with van der Waals surface area (Å²) in [6.07, 6.45) is 0. The van der Waals surface area contributed by atoms with Gasteiger partial charge in [0.15, 0.2) is 0 Å². The summed E-state index contributed by atoms with van der Waals surface area (Å²) in [6.45, 7) is 0.209. The molecule has 0 aliphatic rings. The maximum absolute atomic E-state index is 11.9. The predicted molar refractivity (Wildman–Crippen MR) is 84.3 cm³/mol. The number of nitrogens with two attached hydrogens (primary N) is 1. The minimum absolute atomic E-state index is 0.209. The molecule has 2 aromatic carbocycles. The largest absolute Gasteiger partial charge is 0.459 e. The van der Waals surface area contributed by atoms with Gasteiger partial charge in [0.25, 0.3) is 0 Å². The number of isothiocyanates is 1. The zero-order valence-corrected chi connectivity index (χ0v) is 12.0. The number of carbonyl (C=O) groups is 1. The van der Waals surface area contributed by atoms with E-state index in [0.717, 1.165) is 5.56 Å². The molecule has 2 rings (SSSR count). The third kappa shape index (κ3) is 4.33. The van der Waals surface area contributed by atoms with Crippen LogP contribution in [0.25, 0.3) is 0 Å². The van der Waals surface area contributed by atoms with Gasteiger partial charge in [0.2, 0.25) is 0 Å². The van der Waals surface area contributed by atoms with Gasteiger partial charge in [0.1, 0.15) is 12.6 Å². The molecule has 2 aromatic rings. The molecule has 1 atom stereocenters. The first-order valence-electron chi connectivity index (χ1n) is 6.34. The van der Waals surface area contributed by atoms with Crippen LogP contribution in [-0.2, 0) is 16.1 Å². The highest BCUT2D eigenvalue weighted by Gasteiger charge is 2.17. The predicted octanol–water partition coefficient (Wildman–Crippen LogP) is 3.16. The second-order valence-corrected chi connectivity index (χ2v) is 4.55. The fourth-order valence-electron chi connectivity index (χ4n) is 1.76. The van der Waals surface area contributed by atoms with E-state index in [4.69, 9.17) is 10.5 Å². The van der Waals surface area contributed by atoms with Crippen LogP contribution in [0, 0.1) is 0 Å². The SMILES string of the molecule is NC(C(=O)OCc1ccccc1)c1ccc(N=C=S)cc1. The van der Waals surface area contributed by atoms with E-state index in [2.05, 4.69) is 22.4 Å². The van der Waals surface area contributed by atoms with Crippen LogP contribution < -0.4 is 5.73 Å². The lowest BCUT2D eigenvalue weighted by atomic mass is 10.1. The summed E-state index contributed by atoms with van der Waals surface area (Å²) >= 11 is 4.53. The van der Waals surface area contributed by atoms with Gasteiger partial charge < -0.3 is 10.5 Å². The van der Waals surface area contributed by atoms with Gasteiger partial charge >= 0.3 is 5.97 Å². The molecule has 2 N–H and O–H groups in total. The van der Waals surface area contributed by atoms with Crippen LogP contribution in [0.2, 0.25) is 0 Å². The molecule has 5 heteroatoms. The second kappa shape index (κ2) is 7.45. The number of benzene rings is 2. The van der Waals surface area contributed by atoms with Crippen molar-refractivity contribution in [2.75, 3.05) is 0 Å². The quantitative estimate of drug-likeness (QED) is 0.523. The molecule has 0 fully saturated rings. The maximum Gasteiger partial charge on any atom is 0.327 e. The van der Waals surface area contributed by atoms with Crippen molar-refractivity contribution in [1.82, 2.24) is 0 Å². The number of aliphatic imine (C=N–C) groups is 1. The van der Waals surface area contributed by atoms with Gasteiger partial charge in [-0.3, -0.25) is 0 Å². The normalized spacial score (nSPS) is 11.3. The third-order valence-electron chi connectivity index (χ3n) is 2.90. The van der Waals surface area contributed by atoms with Gasteiger partial charge in [-0.15, -0.1) is 0 Å². The lowest BCUT2D eigenvalue weighted by Gasteiger charge is -2.12. The highest BCUT2D eigenvalue weighted by Crippen LogP contribution is 2.18. The number of thiocarbonyl (C=S) groups is 1. The average Bonchev–Trinajstić information content (AvgIpc) is 2.54. The topological polar surface area (TPSA) is 64.7 Å². The molecule has 0 spiro atoms. The first kappa shape index (κ1) is 15.1. The molecule has 0 aliphatic carbocycles. The Balaban J connectivity index is 1.97. The summed E-state index contributed by atoms with van der Waals surface area (Å²) in [5.74, 6) is -0.468. The Hall–Kier alpha value is -2.33. The lowest BCUT2D eigenvalue weighted by molar-refractivity contribution is -0.146. The van der Waals surface area contributed by atoms with Crippen LogP contribution in [0.3, 0.4) is 0 Å². The monoisotopic (exact) mass is 298 g/mol. The molecular weight excluding hydrogens is 284 g/mol. The molecule has 0 saturated carbocycles. The highest BCUT2D eigenvalue weighted by atomic mass is 32.1. The summed E-state index contributed by atoms with van der Waals surface area (Å²) in [7, 11) is 0. The molecule has 0 bridgehead atoms. The van der Waals surface area contributed by atoms with Gasteiger partial charge in [-0.2, -0.15) is 4.99 Å². The first-order chi connectivity index (χ1) is 10.2. The average molecular weight is 298 g/mol. The Morgan fingerprint density at radius 3 is 2.48 bits per heavy atom. The van der Waals surface area contributed by atoms with Gasteiger partial charge in [-0.25, -0.2) is 4.79 Å². The van der Waals surface area contributed by atoms with Crippen LogP contribution in [0.15, 0.2) is 59.6 Å². The van der Waals surface area contributed by atoms with E-state index in [-0.39, 0.29) is 6.61 Å². The molecule has 0 radical (unpaired) electrons. The molecule has 0 heterocycles. The van der Waals surface area contributed by atoms with Gasteiger partial charge in [0.05, 0.1) is 10.8 Å². The van der Waals surface area contributed by atoms with Crippen molar-refractivity contribution in [2.24, 2.45) is 10.7 Å². The summed E-state index contributed by atoms with van der Waals surface area (Å²) in [4.78, 5) is 15.8. The minimum atomic E-state index is -0.820. The number of rotatable bonds is 5. The van der Waals surface area contributed by atoms with E-state index in [1.54, 1.807) is 24.3 Å². The maximum atomic E-state index is 11.9. The van der Waals surface area contributed by atoms with Crippen molar-refractivity contribution < 1.29 is 9.53 Å². The molecule has 21 heavy (non-hydrogen) atoms. The summed E-state index contributed by atoms with van der Waals surface area (Å²) in [5.41, 5.74) is 8.13. The number of carbonyl (C=O) groups excluding carboxylic acids is 1. The summed E-state index contributed by atoms with van der Waals surface area (Å²) in [6, 6.07) is 15.5. The third-order valence-corrected chi connectivity index (χ3v) is 3.00. The van der Waals surface area contributed by atoms with Crippen molar-refractivity contribution in [3.8, 4) is 0 Å². The van der Waals surface area contributed by atoms with Gasteiger partial charge in [-0.05, 0) is 35.5 Å². The molecular formula is C16H14N2O2S. The molecule has 0 amide bonds. The molecule has 0 aliphatic heterocycles. The Bertz CT molecular complexity index is 650. The molecule has 1 unspecified atom stereocenters. The standard InChI is InChI=1S/C16H14N2O2S/c17-15(13-6-8-14(9-7-13)18-11-21)16(19)20-10-12-4-2-1-3-5-12/h1-9,15H,10,17H2. The lowest BCUT2D eigenvalue weighted by Crippen LogP contribution is -2.23. The Morgan fingerprint density at radius 2 is 1.86 bits per heavy atom. The van der Waals surface area contributed by atoms with E-state index in [1.807, 2.05) is 30.3 Å². The Labute approximate surface area is 128 Å². The van der Waals surface area contributed by atoms with Crippen molar-refractivity contribution in [3.05, 3.63) is 65.7 Å². The fourth-order valence-corrected chi connectivity index (χ4v) is 1.87. The van der Waals surface area contributed by atoms with Crippen molar-refractivity contribution >= 4 is 29.0 Å². The fraction of sp³-hybridized carbons (Fsp3) is 0.125. The number of hydrogen-bond acceptors (Lipinski definition) is 5. The van der Waals surface area contributed by atoms with E-state index in [0.29, 0.717) is 11.3 Å². The van der Waals surface area contributed by atoms with Crippen LogP contribution in [0.1, 0.15) is 17.2 Å². The summed E-state index contributed by atoms with van der Waals surface area (Å²) < 4.78 is 5.21. The van der Waals surface area contributed by atoms with E-state index < -0.39 is 12.0 Å². The van der Waals surface area contributed by atoms with E-state index in [1.165, 1.54) is 0 Å². The van der Waals surface area contributed by atoms with Gasteiger partial charge in [-0.1, -0.05) is 42.5 Å². The highest BCUT2D eigenvalue weighted by molar-refractivity contribution is 7.78.